The van der Waals surface area contributed by atoms with E-state index in [1.54, 1.807) is 0 Å². The zero-order valence-corrected chi connectivity index (χ0v) is 9.22. The fraction of sp³-hybridized carbons (Fsp3) is 0.400. The lowest BCUT2D eigenvalue weighted by atomic mass is 10.0. The molecule has 0 atom stereocenters. The van der Waals surface area contributed by atoms with Crippen molar-refractivity contribution in [2.75, 3.05) is 6.79 Å². The van der Waals surface area contributed by atoms with Crippen LogP contribution in [0.2, 0.25) is 0 Å². The Bertz CT molecular complexity index is 334. The van der Waals surface area contributed by atoms with E-state index in [9.17, 15) is 0 Å². The first-order chi connectivity index (χ1) is 6.18. The van der Waals surface area contributed by atoms with Crippen LogP contribution in [0.25, 0.3) is 0 Å². The van der Waals surface area contributed by atoms with E-state index >= 15 is 0 Å². The van der Waals surface area contributed by atoms with Crippen molar-refractivity contribution in [1.82, 2.24) is 0 Å². The third-order valence-corrected chi connectivity index (χ3v) is 2.71. The molecular formula is C10H11BrO2. The van der Waals surface area contributed by atoms with E-state index in [-0.39, 0.29) is 0 Å². The first-order valence-electron chi connectivity index (χ1n) is 4.27. The zero-order valence-electron chi connectivity index (χ0n) is 7.63. The van der Waals surface area contributed by atoms with Crippen LogP contribution in [0.15, 0.2) is 16.6 Å². The Balaban J connectivity index is 2.49. The highest BCUT2D eigenvalue weighted by Gasteiger charge is 2.18. The molecule has 0 aliphatic carbocycles. The van der Waals surface area contributed by atoms with Crippen molar-refractivity contribution in [1.29, 1.82) is 0 Å². The SMILES string of the molecule is CC(C)c1cc(Br)c2c(c1)OCO2. The Morgan fingerprint density at radius 3 is 2.77 bits per heavy atom. The molecule has 70 valence electrons. The Hall–Kier alpha value is -0.700. The number of ether oxygens (including phenoxy) is 2. The third-order valence-electron chi connectivity index (χ3n) is 2.12. The molecule has 0 saturated heterocycles. The van der Waals surface area contributed by atoms with Crippen molar-refractivity contribution in [3.63, 3.8) is 0 Å². The number of benzene rings is 1. The molecule has 0 unspecified atom stereocenters. The summed E-state index contributed by atoms with van der Waals surface area (Å²) in [5.41, 5.74) is 1.26. The fourth-order valence-corrected chi connectivity index (χ4v) is 1.89. The number of halogens is 1. The van der Waals surface area contributed by atoms with Crippen LogP contribution in [-0.4, -0.2) is 6.79 Å². The summed E-state index contributed by atoms with van der Waals surface area (Å²) in [7, 11) is 0. The third kappa shape index (κ3) is 1.53. The second-order valence-corrected chi connectivity index (χ2v) is 4.25. The quantitative estimate of drug-likeness (QED) is 0.753. The fourth-order valence-electron chi connectivity index (χ4n) is 1.32. The van der Waals surface area contributed by atoms with E-state index in [0.717, 1.165) is 16.0 Å². The van der Waals surface area contributed by atoms with Crippen LogP contribution in [0, 0.1) is 0 Å². The first kappa shape index (κ1) is 8.88. The highest BCUT2D eigenvalue weighted by atomic mass is 79.9. The maximum atomic E-state index is 5.32. The summed E-state index contributed by atoms with van der Waals surface area (Å²) in [5.74, 6) is 2.17. The van der Waals surface area contributed by atoms with Gasteiger partial charge in [-0.1, -0.05) is 13.8 Å². The van der Waals surface area contributed by atoms with Gasteiger partial charge in [-0.3, -0.25) is 0 Å². The average Bonchev–Trinajstić information content (AvgIpc) is 2.51. The van der Waals surface area contributed by atoms with Crippen LogP contribution in [0.4, 0.5) is 0 Å². The second kappa shape index (κ2) is 3.22. The Labute approximate surface area is 86.0 Å². The van der Waals surface area contributed by atoms with Crippen molar-refractivity contribution in [2.45, 2.75) is 19.8 Å². The van der Waals surface area contributed by atoms with Crippen molar-refractivity contribution >= 4 is 15.9 Å². The molecule has 0 aromatic heterocycles. The maximum absolute atomic E-state index is 5.32. The predicted molar refractivity (Wildman–Crippen MR) is 54.4 cm³/mol. The van der Waals surface area contributed by atoms with Gasteiger partial charge >= 0.3 is 0 Å². The number of hydrogen-bond donors (Lipinski definition) is 0. The Kier molecular flexibility index (Phi) is 2.20. The van der Waals surface area contributed by atoms with Gasteiger partial charge in [-0.2, -0.15) is 0 Å². The molecular weight excluding hydrogens is 232 g/mol. The van der Waals surface area contributed by atoms with Gasteiger partial charge in [-0.05, 0) is 39.5 Å². The lowest BCUT2D eigenvalue weighted by molar-refractivity contribution is 0.173. The molecule has 0 bridgehead atoms. The van der Waals surface area contributed by atoms with Gasteiger partial charge in [-0.25, -0.2) is 0 Å². The van der Waals surface area contributed by atoms with Crippen LogP contribution in [0.5, 0.6) is 11.5 Å². The molecule has 0 fully saturated rings. The number of rotatable bonds is 1. The van der Waals surface area contributed by atoms with Crippen LogP contribution >= 0.6 is 15.9 Å². The highest BCUT2D eigenvalue weighted by Crippen LogP contribution is 2.41. The number of fused-ring (bicyclic) bond motifs is 1. The molecule has 0 amide bonds. The van der Waals surface area contributed by atoms with Gasteiger partial charge in [0.25, 0.3) is 0 Å². The van der Waals surface area contributed by atoms with Gasteiger partial charge in [0.05, 0.1) is 4.47 Å². The molecule has 0 radical (unpaired) electrons. The largest absolute Gasteiger partial charge is 0.454 e. The van der Waals surface area contributed by atoms with E-state index in [4.69, 9.17) is 9.47 Å². The molecule has 1 aromatic rings. The minimum atomic E-state index is 0.329. The van der Waals surface area contributed by atoms with E-state index in [2.05, 4.69) is 35.8 Å². The molecule has 1 aliphatic rings. The molecule has 1 aromatic carbocycles. The van der Waals surface area contributed by atoms with E-state index in [0.29, 0.717) is 12.7 Å². The van der Waals surface area contributed by atoms with Gasteiger partial charge in [0, 0.05) is 0 Å². The molecule has 2 nitrogen and oxygen atoms in total. The average molecular weight is 243 g/mol. The molecule has 0 N–H and O–H groups in total. The Morgan fingerprint density at radius 1 is 1.31 bits per heavy atom. The molecule has 0 spiro atoms. The number of hydrogen-bond acceptors (Lipinski definition) is 2. The van der Waals surface area contributed by atoms with Crippen molar-refractivity contribution in [2.24, 2.45) is 0 Å². The van der Waals surface area contributed by atoms with Crippen molar-refractivity contribution in [3.05, 3.63) is 22.2 Å². The lowest BCUT2D eigenvalue weighted by Crippen LogP contribution is -1.93. The van der Waals surface area contributed by atoms with Crippen molar-refractivity contribution < 1.29 is 9.47 Å². The van der Waals surface area contributed by atoms with Gasteiger partial charge in [0.2, 0.25) is 6.79 Å². The van der Waals surface area contributed by atoms with Crippen LogP contribution < -0.4 is 9.47 Å². The van der Waals surface area contributed by atoms with Gasteiger partial charge in [0.1, 0.15) is 0 Å². The predicted octanol–water partition coefficient (Wildman–Crippen LogP) is 3.30. The van der Waals surface area contributed by atoms with Gasteiger partial charge < -0.3 is 9.47 Å². The van der Waals surface area contributed by atoms with E-state index in [1.807, 2.05) is 6.07 Å². The summed E-state index contributed by atoms with van der Waals surface area (Å²) in [6.45, 7) is 4.64. The van der Waals surface area contributed by atoms with Crippen LogP contribution in [0.3, 0.4) is 0 Å². The first-order valence-corrected chi connectivity index (χ1v) is 5.07. The molecule has 2 rings (SSSR count). The van der Waals surface area contributed by atoms with Crippen LogP contribution in [0.1, 0.15) is 25.3 Å². The summed E-state index contributed by atoms with van der Waals surface area (Å²) in [4.78, 5) is 0. The minimum Gasteiger partial charge on any atom is -0.454 e. The molecule has 1 aliphatic heterocycles. The van der Waals surface area contributed by atoms with E-state index in [1.165, 1.54) is 5.56 Å². The standard InChI is InChI=1S/C10H11BrO2/c1-6(2)7-3-8(11)10-9(4-7)12-5-13-10/h3-4,6H,5H2,1-2H3. The monoisotopic (exact) mass is 242 g/mol. The highest BCUT2D eigenvalue weighted by molar-refractivity contribution is 9.10. The molecule has 3 heteroatoms. The summed E-state index contributed by atoms with van der Waals surface area (Å²) >= 11 is 3.46. The van der Waals surface area contributed by atoms with Gasteiger partial charge in [0.15, 0.2) is 11.5 Å². The smallest absolute Gasteiger partial charge is 0.231 e. The lowest BCUT2D eigenvalue weighted by Gasteiger charge is -2.07. The van der Waals surface area contributed by atoms with E-state index < -0.39 is 0 Å². The maximum Gasteiger partial charge on any atom is 0.231 e. The summed E-state index contributed by atoms with van der Waals surface area (Å²) in [6, 6.07) is 4.12. The zero-order chi connectivity index (χ0) is 9.42. The summed E-state index contributed by atoms with van der Waals surface area (Å²) < 4.78 is 11.6. The molecule has 13 heavy (non-hydrogen) atoms. The van der Waals surface area contributed by atoms with Gasteiger partial charge in [-0.15, -0.1) is 0 Å². The molecule has 1 heterocycles. The summed E-state index contributed by atoms with van der Waals surface area (Å²) in [5, 5.41) is 0. The normalized spacial score (nSPS) is 13.8. The summed E-state index contributed by atoms with van der Waals surface area (Å²) in [6.07, 6.45) is 0. The van der Waals surface area contributed by atoms with Crippen molar-refractivity contribution in [3.8, 4) is 11.5 Å². The Morgan fingerprint density at radius 2 is 2.08 bits per heavy atom. The topological polar surface area (TPSA) is 18.5 Å². The second-order valence-electron chi connectivity index (χ2n) is 3.39. The van der Waals surface area contributed by atoms with Crippen LogP contribution in [-0.2, 0) is 0 Å². The molecule has 0 saturated carbocycles. The minimum absolute atomic E-state index is 0.329.